The summed E-state index contributed by atoms with van der Waals surface area (Å²) in [7, 11) is 1.27. The van der Waals surface area contributed by atoms with Crippen LogP contribution in [0.4, 0.5) is 5.13 Å². The maximum atomic E-state index is 13.0. The van der Waals surface area contributed by atoms with E-state index < -0.39 is 29.2 Å². The molecule has 0 aromatic carbocycles. The predicted octanol–water partition coefficient (Wildman–Crippen LogP) is 0.425. The van der Waals surface area contributed by atoms with Crippen LogP contribution in [0.25, 0.3) is 0 Å². The molecule has 0 aliphatic carbocycles. The van der Waals surface area contributed by atoms with Gasteiger partial charge in [0.2, 0.25) is 0 Å². The molecule has 2 aromatic rings. The fourth-order valence-electron chi connectivity index (χ4n) is 3.47. The maximum Gasteiger partial charge on any atom is 0.352 e. The molecule has 0 saturated carbocycles. The molecule has 0 spiro atoms. The summed E-state index contributed by atoms with van der Waals surface area (Å²) in [6.07, 6.45) is 0. The second-order valence-electron chi connectivity index (χ2n) is 7.62. The third kappa shape index (κ3) is 6.03. The average Bonchev–Trinajstić information content (AvgIpc) is 3.33. The summed E-state index contributed by atoms with van der Waals surface area (Å²) >= 11 is 5.04. The van der Waals surface area contributed by atoms with Crippen molar-refractivity contribution in [3.05, 3.63) is 34.5 Å². The molecule has 2 amide bonds. The van der Waals surface area contributed by atoms with Crippen molar-refractivity contribution in [2.75, 3.05) is 30.1 Å². The van der Waals surface area contributed by atoms with E-state index in [4.69, 9.17) is 21.7 Å². The van der Waals surface area contributed by atoms with Gasteiger partial charge in [-0.2, -0.15) is 0 Å². The topological polar surface area (TPSA) is 223 Å². The van der Waals surface area contributed by atoms with Crippen LogP contribution in [-0.4, -0.2) is 90.3 Å². The lowest BCUT2D eigenvalue weighted by atomic mass is 10.0. The number of rotatable bonds is 11. The Morgan fingerprint density at radius 3 is 2.63 bits per heavy atom. The van der Waals surface area contributed by atoms with E-state index in [1.807, 2.05) is 0 Å². The molecule has 7 N–H and O–H groups in total. The minimum Gasteiger partial charge on any atom is -0.477 e. The van der Waals surface area contributed by atoms with Gasteiger partial charge in [0.15, 0.2) is 10.8 Å². The van der Waals surface area contributed by atoms with Gasteiger partial charge in [-0.05, 0) is 17.7 Å². The lowest BCUT2D eigenvalue weighted by molar-refractivity contribution is -0.150. The number of anilines is 1. The highest BCUT2D eigenvalue weighted by Crippen LogP contribution is 2.41. The molecule has 14 nitrogen and oxygen atoms in total. The summed E-state index contributed by atoms with van der Waals surface area (Å²) < 4.78 is 0. The van der Waals surface area contributed by atoms with Crippen molar-refractivity contribution >= 4 is 81.1 Å². The van der Waals surface area contributed by atoms with E-state index in [1.165, 1.54) is 52.7 Å². The van der Waals surface area contributed by atoms with E-state index in [1.54, 1.807) is 12.1 Å². The largest absolute Gasteiger partial charge is 0.477 e. The molecule has 38 heavy (non-hydrogen) atoms. The van der Waals surface area contributed by atoms with Crippen LogP contribution >= 0.6 is 46.6 Å². The van der Waals surface area contributed by atoms with Gasteiger partial charge < -0.3 is 26.7 Å². The van der Waals surface area contributed by atoms with Crippen LogP contribution < -0.4 is 16.8 Å². The zero-order valence-corrected chi connectivity index (χ0v) is 22.9. The van der Waals surface area contributed by atoms with Gasteiger partial charge in [0.1, 0.15) is 45.8 Å². The Hall–Kier alpha value is -3.35. The highest BCUT2D eigenvalue weighted by Gasteiger charge is 2.54. The Morgan fingerprint density at radius 2 is 2.05 bits per heavy atom. The molecule has 200 valence electrons. The van der Waals surface area contributed by atoms with E-state index in [9.17, 15) is 19.5 Å². The number of nitrogen functional groups attached to an aromatic ring is 1. The number of nitrogens with one attached hydrogen (secondary N) is 2. The summed E-state index contributed by atoms with van der Waals surface area (Å²) in [5.74, 6) is -1.50. The van der Waals surface area contributed by atoms with Gasteiger partial charge in [0.25, 0.3) is 11.8 Å². The molecule has 2 aromatic heterocycles. The number of oxime groups is 1. The van der Waals surface area contributed by atoms with Crippen molar-refractivity contribution in [3.8, 4) is 0 Å². The van der Waals surface area contributed by atoms with Crippen LogP contribution in [-0.2, 0) is 19.2 Å². The van der Waals surface area contributed by atoms with E-state index in [2.05, 4.69) is 25.7 Å². The van der Waals surface area contributed by atoms with Gasteiger partial charge >= 0.3 is 5.97 Å². The van der Waals surface area contributed by atoms with Crippen LogP contribution in [0.5, 0.6) is 0 Å². The summed E-state index contributed by atoms with van der Waals surface area (Å²) in [6, 6.07) is 2.55. The minimum absolute atomic E-state index is 0.0343. The number of aromatic nitrogens is 3. The maximum absolute atomic E-state index is 13.0. The van der Waals surface area contributed by atoms with Crippen molar-refractivity contribution in [1.82, 2.24) is 25.4 Å². The fraction of sp³-hybridized carbons (Fsp3) is 0.300. The number of amidine groups is 1. The number of carboxylic acid groups (broad SMARTS) is 1. The smallest absolute Gasteiger partial charge is 0.352 e. The predicted molar refractivity (Wildman–Crippen MR) is 145 cm³/mol. The molecule has 0 unspecified atom stereocenters. The van der Waals surface area contributed by atoms with E-state index in [-0.39, 0.29) is 33.8 Å². The van der Waals surface area contributed by atoms with Gasteiger partial charge in [0.05, 0.1) is 5.75 Å². The third-order valence-corrected chi connectivity index (χ3v) is 9.07. The van der Waals surface area contributed by atoms with Crippen molar-refractivity contribution in [2.24, 2.45) is 10.9 Å². The number of carbonyl (C=O) groups is 3. The molecule has 2 atom stereocenters. The Kier molecular flexibility index (Phi) is 8.75. The van der Waals surface area contributed by atoms with Crippen molar-refractivity contribution in [3.63, 3.8) is 0 Å². The average molecular weight is 596 g/mol. The van der Waals surface area contributed by atoms with Crippen LogP contribution in [0.1, 0.15) is 5.69 Å². The molecule has 0 radical (unpaired) electrons. The number of hydrogen-bond donors (Lipinski definition) is 5. The van der Waals surface area contributed by atoms with Crippen molar-refractivity contribution < 1.29 is 24.3 Å². The Balaban J connectivity index is 1.43. The number of aliphatic carboxylic acids is 1. The van der Waals surface area contributed by atoms with E-state index in [0.29, 0.717) is 27.1 Å². The standard InChI is InChI=1S/C20H21N9O5S4/c1-34-28-13(9-6-38-20(23)24-9)16(30)25-14-17(31)29-15(19(32)33)8(5-37-18(14)29)4-35-11-2-3-12(27-26-11)36-7-10(21)22/h2-3,6,14,18H,4-5,7H2,1H3,(H3,21,22)(H2,23,24)(H,25,30)(H,32,33)/b28-13-/t14-,18-/m1/s1. The number of thioether (sulfide) groups is 3. The molecule has 1 saturated heterocycles. The first kappa shape index (κ1) is 27.7. The van der Waals surface area contributed by atoms with Gasteiger partial charge in [-0.3, -0.25) is 19.9 Å². The number of β-lactam (4-membered cyclic amide) rings is 1. The first-order chi connectivity index (χ1) is 18.2. The normalized spacial score (nSPS) is 19.0. The highest BCUT2D eigenvalue weighted by atomic mass is 32.2. The van der Waals surface area contributed by atoms with Crippen molar-refractivity contribution in [1.29, 1.82) is 5.41 Å². The second-order valence-corrected chi connectivity index (χ2v) is 11.6. The van der Waals surface area contributed by atoms with Crippen molar-refractivity contribution in [2.45, 2.75) is 21.5 Å². The molecule has 1 fully saturated rings. The van der Waals surface area contributed by atoms with Crippen LogP contribution in [0.3, 0.4) is 0 Å². The highest BCUT2D eigenvalue weighted by molar-refractivity contribution is 8.01. The monoisotopic (exact) mass is 595 g/mol. The summed E-state index contributed by atoms with van der Waals surface area (Å²) in [5, 5.41) is 34.1. The summed E-state index contributed by atoms with van der Waals surface area (Å²) in [4.78, 5) is 47.9. The molecular weight excluding hydrogens is 575 g/mol. The number of fused-ring (bicyclic) bond motifs is 1. The lowest BCUT2D eigenvalue weighted by Crippen LogP contribution is -2.71. The number of thiazole rings is 1. The first-order valence-corrected chi connectivity index (χ1v) is 14.5. The van der Waals surface area contributed by atoms with Gasteiger partial charge in [-0.25, -0.2) is 9.78 Å². The Bertz CT molecular complexity index is 1330. The van der Waals surface area contributed by atoms with Crippen LogP contribution in [0.2, 0.25) is 0 Å². The molecule has 0 bridgehead atoms. The molecular formula is C20H21N9O5S4. The minimum atomic E-state index is -1.23. The first-order valence-electron chi connectivity index (χ1n) is 10.6. The number of carbonyl (C=O) groups excluding carboxylic acids is 2. The van der Waals surface area contributed by atoms with E-state index >= 15 is 0 Å². The van der Waals surface area contributed by atoms with Crippen LogP contribution in [0.15, 0.2) is 44.0 Å². The Morgan fingerprint density at radius 1 is 1.34 bits per heavy atom. The molecule has 2 aliphatic rings. The Labute approximate surface area is 232 Å². The zero-order valence-electron chi connectivity index (χ0n) is 19.6. The fourth-order valence-corrected chi connectivity index (χ4v) is 6.88. The molecule has 18 heteroatoms. The quantitative estimate of drug-likeness (QED) is 0.0782. The number of nitrogens with two attached hydrogens (primary N) is 2. The number of carboxylic acids is 1. The molecule has 4 rings (SSSR count). The number of hydrogen-bond acceptors (Lipinski definition) is 14. The summed E-state index contributed by atoms with van der Waals surface area (Å²) in [5.41, 5.74) is 11.5. The van der Waals surface area contributed by atoms with Gasteiger partial charge in [-0.1, -0.05) is 16.9 Å². The zero-order chi connectivity index (χ0) is 27.4. The summed E-state index contributed by atoms with van der Waals surface area (Å²) in [6.45, 7) is 0. The SMILES string of the molecule is CO/N=C(\C(=O)N[C@@H]1C(=O)N2C(C(=O)O)=C(CSc3ccc(SCC(=N)N)nn3)CS[C@H]12)c1csc(N)n1. The third-order valence-electron chi connectivity index (χ3n) is 5.08. The lowest BCUT2D eigenvalue weighted by Gasteiger charge is -2.49. The molecule has 4 heterocycles. The second kappa shape index (κ2) is 12.0. The number of amides is 2. The van der Waals surface area contributed by atoms with Gasteiger partial charge in [0, 0.05) is 16.9 Å². The van der Waals surface area contributed by atoms with Gasteiger partial charge in [-0.15, -0.1) is 45.1 Å². The van der Waals surface area contributed by atoms with E-state index in [0.717, 1.165) is 11.3 Å². The molecule has 2 aliphatic heterocycles. The number of nitrogens with zero attached hydrogens (tertiary/aromatic N) is 5. The van der Waals surface area contributed by atoms with Crippen LogP contribution in [0, 0.1) is 5.41 Å².